The van der Waals surface area contributed by atoms with Crippen molar-refractivity contribution >= 4 is 27.5 Å². The predicted octanol–water partition coefficient (Wildman–Crippen LogP) is 3.40. The normalized spacial score (nSPS) is 13.6. The minimum Gasteiger partial charge on any atom is -0.322 e. The first-order valence-electron chi connectivity index (χ1n) is 6.02. The molecule has 0 aliphatic rings. The second-order valence-electron chi connectivity index (χ2n) is 4.65. The highest BCUT2D eigenvalue weighted by atomic mass is 79.9. The number of hydrogen-bond acceptors (Lipinski definition) is 2. The fourth-order valence-corrected chi connectivity index (χ4v) is 2.12. The molecule has 2 rings (SSSR count). The van der Waals surface area contributed by atoms with Gasteiger partial charge >= 0.3 is 0 Å². The van der Waals surface area contributed by atoms with Crippen LogP contribution in [0.25, 0.3) is 0 Å². The van der Waals surface area contributed by atoms with Crippen LogP contribution in [0.2, 0.25) is 0 Å². The molecule has 0 aliphatic carbocycles. The second-order valence-corrected chi connectivity index (χ2v) is 5.56. The highest BCUT2D eigenvalue weighted by Crippen LogP contribution is 2.23. The van der Waals surface area contributed by atoms with Gasteiger partial charge in [0.15, 0.2) is 0 Å². The van der Waals surface area contributed by atoms with Crippen LogP contribution in [0.3, 0.4) is 0 Å². The van der Waals surface area contributed by atoms with E-state index in [0.717, 1.165) is 0 Å². The van der Waals surface area contributed by atoms with Gasteiger partial charge in [0.1, 0.15) is 11.4 Å². The van der Waals surface area contributed by atoms with Crippen LogP contribution in [0.15, 0.2) is 53.0 Å². The van der Waals surface area contributed by atoms with Gasteiger partial charge in [0.25, 0.3) is 0 Å². The first kappa shape index (κ1) is 14.7. The minimum atomic E-state index is -1.24. The van der Waals surface area contributed by atoms with Gasteiger partial charge in [-0.3, -0.25) is 4.79 Å². The zero-order valence-electron chi connectivity index (χ0n) is 10.9. The first-order valence-corrected chi connectivity index (χ1v) is 6.81. The third kappa shape index (κ3) is 3.05. The van der Waals surface area contributed by atoms with E-state index < -0.39 is 17.3 Å². The average Bonchev–Trinajstić information content (AvgIpc) is 2.43. The van der Waals surface area contributed by atoms with Crippen LogP contribution in [0, 0.1) is 5.82 Å². The third-order valence-corrected chi connectivity index (χ3v) is 3.52. The number of carbonyl (C=O) groups is 1. The van der Waals surface area contributed by atoms with E-state index in [1.54, 1.807) is 37.3 Å². The Hall–Kier alpha value is -1.72. The lowest BCUT2D eigenvalue weighted by molar-refractivity contribution is -0.120. The quantitative estimate of drug-likeness (QED) is 0.902. The summed E-state index contributed by atoms with van der Waals surface area (Å²) in [6, 6.07) is 13.3. The molecule has 20 heavy (non-hydrogen) atoms. The van der Waals surface area contributed by atoms with Crippen molar-refractivity contribution in [2.75, 3.05) is 5.32 Å². The fraction of sp³-hybridized carbons (Fsp3) is 0.133. The molecule has 104 valence electrons. The number of nitrogens with two attached hydrogens (primary N) is 1. The Kier molecular flexibility index (Phi) is 4.20. The van der Waals surface area contributed by atoms with Crippen molar-refractivity contribution in [1.82, 2.24) is 0 Å². The number of carbonyl (C=O) groups excluding carboxylic acids is 1. The summed E-state index contributed by atoms with van der Waals surface area (Å²) in [5, 5.41) is 2.52. The van der Waals surface area contributed by atoms with Crippen LogP contribution in [0.5, 0.6) is 0 Å². The summed E-state index contributed by atoms with van der Waals surface area (Å²) in [4.78, 5) is 12.3. The number of benzene rings is 2. The van der Waals surface area contributed by atoms with Gasteiger partial charge < -0.3 is 11.1 Å². The molecule has 0 saturated carbocycles. The number of hydrogen-bond donors (Lipinski definition) is 2. The van der Waals surface area contributed by atoms with Gasteiger partial charge in [0, 0.05) is 4.47 Å². The van der Waals surface area contributed by atoms with Gasteiger partial charge in [-0.25, -0.2) is 4.39 Å². The lowest BCUT2D eigenvalue weighted by atomic mass is 9.92. The van der Waals surface area contributed by atoms with Gasteiger partial charge in [-0.15, -0.1) is 0 Å². The Balaban J connectivity index is 2.26. The van der Waals surface area contributed by atoms with Crippen LogP contribution >= 0.6 is 15.9 Å². The van der Waals surface area contributed by atoms with Gasteiger partial charge in [0.2, 0.25) is 5.91 Å². The lowest BCUT2D eigenvalue weighted by Crippen LogP contribution is -2.45. The zero-order chi connectivity index (χ0) is 14.8. The number of nitrogens with one attached hydrogen (secondary N) is 1. The zero-order valence-corrected chi connectivity index (χ0v) is 12.4. The maximum Gasteiger partial charge on any atom is 0.248 e. The summed E-state index contributed by atoms with van der Waals surface area (Å²) in [6.45, 7) is 1.59. The summed E-state index contributed by atoms with van der Waals surface area (Å²) in [7, 11) is 0. The maximum atomic E-state index is 13.6. The molecule has 0 bridgehead atoms. The first-order chi connectivity index (χ1) is 9.41. The predicted molar refractivity (Wildman–Crippen MR) is 80.7 cm³/mol. The maximum absolute atomic E-state index is 13.6. The van der Waals surface area contributed by atoms with Crippen LogP contribution in [0.1, 0.15) is 12.5 Å². The highest BCUT2D eigenvalue weighted by molar-refractivity contribution is 9.10. The van der Waals surface area contributed by atoms with Crippen molar-refractivity contribution in [1.29, 1.82) is 0 Å². The second kappa shape index (κ2) is 5.73. The Labute approximate surface area is 125 Å². The molecule has 5 heteroatoms. The van der Waals surface area contributed by atoms with Gasteiger partial charge in [-0.1, -0.05) is 46.3 Å². The Bertz CT molecular complexity index is 629. The molecule has 2 aromatic rings. The molecule has 0 aromatic heterocycles. The van der Waals surface area contributed by atoms with E-state index in [1.807, 2.05) is 6.07 Å². The molecule has 3 N–H and O–H groups in total. The van der Waals surface area contributed by atoms with E-state index in [9.17, 15) is 9.18 Å². The third-order valence-electron chi connectivity index (χ3n) is 3.02. The number of amides is 1. The van der Waals surface area contributed by atoms with Gasteiger partial charge in [0.05, 0.1) is 5.69 Å². The van der Waals surface area contributed by atoms with E-state index >= 15 is 0 Å². The SMILES string of the molecule is CC(N)(C(=O)Nc1cc(Br)ccc1F)c1ccccc1. The Morgan fingerprint density at radius 2 is 1.90 bits per heavy atom. The van der Waals surface area contributed by atoms with Gasteiger partial charge in [-0.05, 0) is 30.7 Å². The minimum absolute atomic E-state index is 0.0944. The Morgan fingerprint density at radius 1 is 1.25 bits per heavy atom. The van der Waals surface area contributed by atoms with Crippen LogP contribution in [-0.2, 0) is 10.3 Å². The van der Waals surface area contributed by atoms with Crippen LogP contribution < -0.4 is 11.1 Å². The molecule has 0 radical (unpaired) electrons. The molecule has 2 aromatic carbocycles. The smallest absolute Gasteiger partial charge is 0.248 e. The molecule has 0 fully saturated rings. The van der Waals surface area contributed by atoms with E-state index in [4.69, 9.17) is 5.73 Å². The summed E-state index contributed by atoms with van der Waals surface area (Å²) in [6.07, 6.45) is 0. The molecule has 0 spiro atoms. The van der Waals surface area contributed by atoms with Crippen molar-refractivity contribution in [3.05, 3.63) is 64.4 Å². The summed E-state index contributed by atoms with van der Waals surface area (Å²) < 4.78 is 14.3. The van der Waals surface area contributed by atoms with E-state index in [0.29, 0.717) is 10.0 Å². The summed E-state index contributed by atoms with van der Waals surface area (Å²) in [5.41, 5.74) is 5.59. The summed E-state index contributed by atoms with van der Waals surface area (Å²) >= 11 is 3.23. The van der Waals surface area contributed by atoms with Crippen molar-refractivity contribution in [2.24, 2.45) is 5.73 Å². The summed E-state index contributed by atoms with van der Waals surface area (Å²) in [5.74, 6) is -0.980. The van der Waals surface area contributed by atoms with Crippen LogP contribution in [0.4, 0.5) is 10.1 Å². The van der Waals surface area contributed by atoms with E-state index in [1.165, 1.54) is 12.1 Å². The van der Waals surface area contributed by atoms with Crippen molar-refractivity contribution < 1.29 is 9.18 Å². The number of anilines is 1. The van der Waals surface area contributed by atoms with E-state index in [-0.39, 0.29) is 5.69 Å². The van der Waals surface area contributed by atoms with Gasteiger partial charge in [-0.2, -0.15) is 0 Å². The molecule has 1 atom stereocenters. The lowest BCUT2D eigenvalue weighted by Gasteiger charge is -2.24. The molecule has 0 saturated heterocycles. The molecule has 0 heterocycles. The highest BCUT2D eigenvalue weighted by Gasteiger charge is 2.30. The molecule has 0 aliphatic heterocycles. The molecular formula is C15H14BrFN2O. The van der Waals surface area contributed by atoms with Crippen molar-refractivity contribution in [2.45, 2.75) is 12.5 Å². The molecular weight excluding hydrogens is 323 g/mol. The van der Waals surface area contributed by atoms with Crippen molar-refractivity contribution in [3.8, 4) is 0 Å². The topological polar surface area (TPSA) is 55.1 Å². The Morgan fingerprint density at radius 3 is 2.55 bits per heavy atom. The monoisotopic (exact) mass is 336 g/mol. The largest absolute Gasteiger partial charge is 0.322 e. The fourth-order valence-electron chi connectivity index (χ4n) is 1.76. The molecule has 3 nitrogen and oxygen atoms in total. The molecule has 1 amide bonds. The molecule has 1 unspecified atom stereocenters. The van der Waals surface area contributed by atoms with Crippen LogP contribution in [-0.4, -0.2) is 5.91 Å². The average molecular weight is 337 g/mol. The van der Waals surface area contributed by atoms with Crippen molar-refractivity contribution in [3.63, 3.8) is 0 Å². The number of rotatable bonds is 3. The number of halogens is 2. The standard InChI is InChI=1S/C15H14BrFN2O/c1-15(18,10-5-3-2-4-6-10)14(20)19-13-9-11(16)7-8-12(13)17/h2-9H,18H2,1H3,(H,19,20). The van der Waals surface area contributed by atoms with E-state index in [2.05, 4.69) is 21.2 Å².